The molecule has 0 bridgehead atoms. The van der Waals surface area contributed by atoms with Crippen molar-refractivity contribution in [3.05, 3.63) is 23.9 Å². The molecule has 1 saturated carbocycles. The summed E-state index contributed by atoms with van der Waals surface area (Å²) in [5.41, 5.74) is 7.02. The van der Waals surface area contributed by atoms with Crippen molar-refractivity contribution in [3.63, 3.8) is 0 Å². The highest BCUT2D eigenvalue weighted by Crippen LogP contribution is 2.48. The van der Waals surface area contributed by atoms with Crippen LogP contribution in [-0.2, 0) is 5.41 Å². The smallest absolute Gasteiger partial charge is 0.153 e. The Balaban J connectivity index is 1.94. The van der Waals surface area contributed by atoms with Gasteiger partial charge in [-0.2, -0.15) is 0 Å². The zero-order valence-electron chi connectivity index (χ0n) is 11.5. The van der Waals surface area contributed by atoms with Crippen LogP contribution in [0.2, 0.25) is 0 Å². The number of hydrogen-bond donors (Lipinski definition) is 1. The lowest BCUT2D eigenvalue weighted by Gasteiger charge is -2.41. The molecule has 3 rings (SSSR count). The minimum Gasteiger partial charge on any atom is -0.390 e. The van der Waals surface area contributed by atoms with Crippen molar-refractivity contribution < 1.29 is 0 Å². The van der Waals surface area contributed by atoms with Gasteiger partial charge in [0.25, 0.3) is 0 Å². The molecule has 4 nitrogen and oxygen atoms in total. The van der Waals surface area contributed by atoms with Crippen LogP contribution >= 0.6 is 0 Å². The van der Waals surface area contributed by atoms with Gasteiger partial charge < -0.3 is 10.6 Å². The average Bonchev–Trinajstić information content (AvgIpc) is 2.79. The highest BCUT2D eigenvalue weighted by atomic mass is 15.2. The zero-order valence-corrected chi connectivity index (χ0v) is 11.5. The number of pyridine rings is 1. The van der Waals surface area contributed by atoms with Gasteiger partial charge in [-0.05, 0) is 44.5 Å². The van der Waals surface area contributed by atoms with Crippen LogP contribution in [0.15, 0.2) is 23.3 Å². The number of nitrogens with two attached hydrogens (primary N) is 1. The molecule has 1 saturated heterocycles. The van der Waals surface area contributed by atoms with E-state index in [-0.39, 0.29) is 0 Å². The van der Waals surface area contributed by atoms with Crippen molar-refractivity contribution in [3.8, 4) is 0 Å². The van der Waals surface area contributed by atoms with E-state index in [2.05, 4.69) is 28.0 Å². The van der Waals surface area contributed by atoms with Crippen molar-refractivity contribution in [2.45, 2.75) is 43.6 Å². The summed E-state index contributed by atoms with van der Waals surface area (Å²) in [6.07, 6.45) is 9.89. The lowest BCUT2D eigenvalue weighted by molar-refractivity contribution is 0.181. The third-order valence-corrected chi connectivity index (χ3v) is 4.96. The van der Waals surface area contributed by atoms with E-state index in [1.807, 2.05) is 12.3 Å². The minimum absolute atomic E-state index is 0.324. The second-order valence-corrected chi connectivity index (χ2v) is 5.83. The summed E-state index contributed by atoms with van der Waals surface area (Å²) < 4.78 is 0. The molecule has 4 heteroatoms. The van der Waals surface area contributed by atoms with Gasteiger partial charge in [0, 0.05) is 17.7 Å². The van der Waals surface area contributed by atoms with E-state index < -0.39 is 0 Å². The van der Waals surface area contributed by atoms with Crippen LogP contribution in [0, 0.1) is 0 Å². The van der Waals surface area contributed by atoms with Crippen LogP contribution in [0.1, 0.15) is 37.7 Å². The van der Waals surface area contributed by atoms with Gasteiger partial charge in [-0.1, -0.05) is 18.9 Å². The number of aliphatic imine (C=N–C) groups is 1. The van der Waals surface area contributed by atoms with Gasteiger partial charge in [0.05, 0.1) is 6.34 Å². The van der Waals surface area contributed by atoms with Gasteiger partial charge in [-0.25, -0.2) is 9.98 Å². The topological polar surface area (TPSA) is 54.5 Å². The molecule has 2 aliphatic rings. The second kappa shape index (κ2) is 4.93. The predicted molar refractivity (Wildman–Crippen MR) is 77.8 cm³/mol. The van der Waals surface area contributed by atoms with E-state index in [9.17, 15) is 0 Å². The highest BCUT2D eigenvalue weighted by Gasteiger charge is 2.48. The quantitative estimate of drug-likeness (QED) is 0.653. The summed E-state index contributed by atoms with van der Waals surface area (Å²) in [7, 11) is 2.26. The van der Waals surface area contributed by atoms with Crippen LogP contribution in [0.4, 0.5) is 5.82 Å². The molecule has 0 aromatic carbocycles. The monoisotopic (exact) mass is 258 g/mol. The standard InChI is InChI=1S/C15H22N4/c1-19-9-8-15(7-3-2-4-13(15)19)12-5-6-14(17-10-12)18-11-16/h5-6,10-11,13H,2-4,7-9H2,1H3,(H2,16,17,18)/t13-,15-/m0/s1. The van der Waals surface area contributed by atoms with E-state index >= 15 is 0 Å². The molecule has 0 amide bonds. The maximum absolute atomic E-state index is 5.31. The van der Waals surface area contributed by atoms with Crippen molar-refractivity contribution in [2.24, 2.45) is 10.7 Å². The summed E-state index contributed by atoms with van der Waals surface area (Å²) in [5.74, 6) is 0.696. The molecule has 0 unspecified atom stereocenters. The Labute approximate surface area is 114 Å². The molecule has 102 valence electrons. The molecule has 2 heterocycles. The Hall–Kier alpha value is -1.42. The predicted octanol–water partition coefficient (Wildman–Crippen LogP) is 2.22. The summed E-state index contributed by atoms with van der Waals surface area (Å²) in [6, 6.07) is 4.87. The lowest BCUT2D eigenvalue weighted by Crippen LogP contribution is -2.43. The molecule has 1 aromatic rings. The van der Waals surface area contributed by atoms with E-state index in [0.717, 1.165) is 0 Å². The number of likely N-dealkylation sites (tertiary alicyclic amines) is 1. The SMILES string of the molecule is CN1CC[C@]2(c3ccc(N=CN)nc3)CCCC[C@H]12. The first-order valence-corrected chi connectivity index (χ1v) is 7.17. The molecular weight excluding hydrogens is 236 g/mol. The molecule has 0 radical (unpaired) electrons. The first-order chi connectivity index (χ1) is 9.26. The van der Waals surface area contributed by atoms with E-state index in [4.69, 9.17) is 5.73 Å². The molecule has 1 aliphatic heterocycles. The van der Waals surface area contributed by atoms with E-state index in [1.165, 1.54) is 50.6 Å². The molecule has 1 aromatic heterocycles. The van der Waals surface area contributed by atoms with Crippen molar-refractivity contribution >= 4 is 12.2 Å². The Morgan fingerprint density at radius 2 is 2.32 bits per heavy atom. The minimum atomic E-state index is 0.324. The lowest BCUT2D eigenvalue weighted by atomic mass is 9.66. The Kier molecular flexibility index (Phi) is 3.27. The summed E-state index contributed by atoms with van der Waals surface area (Å²) in [6.45, 7) is 1.20. The van der Waals surface area contributed by atoms with Gasteiger partial charge in [0.2, 0.25) is 0 Å². The maximum Gasteiger partial charge on any atom is 0.153 e. The van der Waals surface area contributed by atoms with Gasteiger partial charge >= 0.3 is 0 Å². The third kappa shape index (κ3) is 2.04. The van der Waals surface area contributed by atoms with Crippen molar-refractivity contribution in [2.75, 3.05) is 13.6 Å². The molecular formula is C15H22N4. The number of aromatic nitrogens is 1. The van der Waals surface area contributed by atoms with Gasteiger partial charge in [0.15, 0.2) is 5.82 Å². The molecule has 2 fully saturated rings. The zero-order chi connectivity index (χ0) is 13.3. The number of nitrogens with zero attached hydrogens (tertiary/aromatic N) is 3. The molecule has 2 N–H and O–H groups in total. The highest BCUT2D eigenvalue weighted by molar-refractivity contribution is 5.57. The van der Waals surface area contributed by atoms with Gasteiger partial charge in [-0.3, -0.25) is 0 Å². The third-order valence-electron chi connectivity index (χ3n) is 4.96. The molecule has 1 aliphatic carbocycles. The fraction of sp³-hybridized carbons (Fsp3) is 0.600. The van der Waals surface area contributed by atoms with Gasteiger partial charge in [-0.15, -0.1) is 0 Å². The Bertz CT molecular complexity index is 464. The van der Waals surface area contributed by atoms with Crippen molar-refractivity contribution in [1.82, 2.24) is 9.88 Å². The number of likely N-dealkylation sites (N-methyl/N-ethyl adjacent to an activating group) is 1. The Morgan fingerprint density at radius 3 is 3.05 bits per heavy atom. The second-order valence-electron chi connectivity index (χ2n) is 5.83. The molecule has 19 heavy (non-hydrogen) atoms. The van der Waals surface area contributed by atoms with E-state index in [0.29, 0.717) is 17.3 Å². The average molecular weight is 258 g/mol. The van der Waals surface area contributed by atoms with Crippen LogP contribution < -0.4 is 5.73 Å². The first kappa shape index (κ1) is 12.6. The Morgan fingerprint density at radius 1 is 1.42 bits per heavy atom. The maximum atomic E-state index is 5.31. The van der Waals surface area contributed by atoms with Crippen LogP contribution in [0.3, 0.4) is 0 Å². The van der Waals surface area contributed by atoms with E-state index in [1.54, 1.807) is 0 Å². The molecule has 0 spiro atoms. The number of hydrogen-bond acceptors (Lipinski definition) is 3. The summed E-state index contributed by atoms with van der Waals surface area (Å²) in [4.78, 5) is 11.0. The molecule has 2 atom stereocenters. The first-order valence-electron chi connectivity index (χ1n) is 7.17. The van der Waals surface area contributed by atoms with Crippen molar-refractivity contribution in [1.29, 1.82) is 0 Å². The van der Waals surface area contributed by atoms with Crippen LogP contribution in [-0.4, -0.2) is 35.9 Å². The van der Waals surface area contributed by atoms with Gasteiger partial charge in [0.1, 0.15) is 0 Å². The van der Waals surface area contributed by atoms with Crippen LogP contribution in [0.5, 0.6) is 0 Å². The largest absolute Gasteiger partial charge is 0.390 e. The summed E-state index contributed by atoms with van der Waals surface area (Å²) in [5, 5.41) is 0. The summed E-state index contributed by atoms with van der Waals surface area (Å²) >= 11 is 0. The fourth-order valence-electron chi connectivity index (χ4n) is 4.00. The number of rotatable bonds is 2. The normalized spacial score (nSPS) is 31.7. The number of fused-ring (bicyclic) bond motifs is 1. The van der Waals surface area contributed by atoms with Crippen LogP contribution in [0.25, 0.3) is 0 Å². The fourth-order valence-corrected chi connectivity index (χ4v) is 4.00.